The summed E-state index contributed by atoms with van der Waals surface area (Å²) >= 11 is 0. The number of carbonyl (C=O) groups is 1. The number of aliphatic imine (C=N–C) groups is 1. The molecule has 116 valence electrons. The zero-order valence-electron chi connectivity index (χ0n) is 12.4. The molecule has 5 nitrogen and oxygen atoms in total. The molecule has 0 saturated carbocycles. The smallest absolute Gasteiger partial charge is 0.202 e. The zero-order chi connectivity index (χ0) is 16.1. The van der Waals surface area contributed by atoms with Gasteiger partial charge in [0.05, 0.1) is 11.4 Å². The van der Waals surface area contributed by atoms with E-state index in [0.717, 1.165) is 11.4 Å². The lowest BCUT2D eigenvalue weighted by Crippen LogP contribution is -2.30. The van der Waals surface area contributed by atoms with E-state index in [1.54, 1.807) is 12.3 Å². The molecule has 0 aromatic heterocycles. The fourth-order valence-corrected chi connectivity index (χ4v) is 2.31. The van der Waals surface area contributed by atoms with Crippen LogP contribution in [0.25, 0.3) is 0 Å². The maximum atomic E-state index is 10.7. The molecule has 0 bridgehead atoms. The molecule has 5 heteroatoms. The summed E-state index contributed by atoms with van der Waals surface area (Å²) in [4.78, 5) is 16.9. The van der Waals surface area contributed by atoms with Crippen molar-refractivity contribution in [1.82, 2.24) is 0 Å². The van der Waals surface area contributed by atoms with E-state index in [1.165, 1.54) is 0 Å². The molecular weight excluding hydrogens is 292 g/mol. The lowest BCUT2D eigenvalue weighted by atomic mass is 10.2. The van der Waals surface area contributed by atoms with Crippen LogP contribution in [-0.4, -0.2) is 18.7 Å². The zero-order valence-corrected chi connectivity index (χ0v) is 12.4. The number of nitrogens with zero attached hydrogens (tertiary/aromatic N) is 2. The van der Waals surface area contributed by atoms with Gasteiger partial charge in [-0.25, -0.2) is 0 Å². The number of fused-ring (bicyclic) bond motifs is 1. The first kappa shape index (κ1) is 14.8. The maximum absolute atomic E-state index is 10.7. The maximum Gasteiger partial charge on any atom is 0.202 e. The van der Waals surface area contributed by atoms with E-state index >= 15 is 0 Å². The predicted molar refractivity (Wildman–Crippen MR) is 86.7 cm³/mol. The number of benzene rings is 2. The SMILES string of the molecule is O=C([O-])CCN1/C(=C\C=Nc2ccccc2)Oc2ccccc21. The Labute approximate surface area is 134 Å². The van der Waals surface area contributed by atoms with Crippen LogP contribution >= 0.6 is 0 Å². The van der Waals surface area contributed by atoms with Crippen molar-refractivity contribution in [2.24, 2.45) is 4.99 Å². The number of ether oxygens (including phenoxy) is 1. The fraction of sp³-hybridized carbons (Fsp3) is 0.111. The molecule has 2 aromatic rings. The van der Waals surface area contributed by atoms with Crippen LogP contribution < -0.4 is 14.7 Å². The Morgan fingerprint density at radius 1 is 1.13 bits per heavy atom. The Bertz CT molecular complexity index is 754. The van der Waals surface area contributed by atoms with Gasteiger partial charge in [-0.1, -0.05) is 30.3 Å². The van der Waals surface area contributed by atoms with Gasteiger partial charge in [0, 0.05) is 31.2 Å². The van der Waals surface area contributed by atoms with Crippen LogP contribution in [0.3, 0.4) is 0 Å². The standard InChI is InChI=1S/C18H16N2O3/c21-18(22)11-13-20-15-8-4-5-9-16(15)23-17(20)10-12-19-14-6-2-1-3-7-14/h1-10,12H,11,13H2,(H,21,22)/p-1/b17-10+,19-12?. The second kappa shape index (κ2) is 6.79. The van der Waals surface area contributed by atoms with E-state index in [1.807, 2.05) is 59.5 Å². The largest absolute Gasteiger partial charge is 0.550 e. The van der Waals surface area contributed by atoms with Gasteiger partial charge in [0.25, 0.3) is 0 Å². The van der Waals surface area contributed by atoms with Crippen LogP contribution in [0.1, 0.15) is 6.42 Å². The van der Waals surface area contributed by atoms with Gasteiger partial charge in [-0.15, -0.1) is 0 Å². The highest BCUT2D eigenvalue weighted by molar-refractivity contribution is 5.78. The molecule has 2 aromatic carbocycles. The van der Waals surface area contributed by atoms with Crippen molar-refractivity contribution >= 4 is 23.6 Å². The highest BCUT2D eigenvalue weighted by atomic mass is 16.5. The number of hydrogen-bond acceptors (Lipinski definition) is 5. The molecule has 0 amide bonds. The monoisotopic (exact) mass is 307 g/mol. The highest BCUT2D eigenvalue weighted by Crippen LogP contribution is 2.38. The molecular formula is C18H15N2O3-. The van der Waals surface area contributed by atoms with Crippen LogP contribution in [0.15, 0.2) is 71.5 Å². The molecule has 0 saturated heterocycles. The molecule has 0 N–H and O–H groups in total. The molecule has 1 heterocycles. The molecule has 0 aliphatic carbocycles. The van der Waals surface area contributed by atoms with Crippen molar-refractivity contribution in [3.63, 3.8) is 0 Å². The topological polar surface area (TPSA) is 65.0 Å². The van der Waals surface area contributed by atoms with Crippen molar-refractivity contribution in [3.05, 3.63) is 66.6 Å². The molecule has 0 spiro atoms. The number of anilines is 1. The quantitative estimate of drug-likeness (QED) is 0.795. The Morgan fingerprint density at radius 2 is 1.87 bits per heavy atom. The van der Waals surface area contributed by atoms with Gasteiger partial charge in [0.1, 0.15) is 0 Å². The summed E-state index contributed by atoms with van der Waals surface area (Å²) < 4.78 is 5.77. The molecule has 0 radical (unpaired) electrons. The van der Waals surface area contributed by atoms with Gasteiger partial charge in [-0.3, -0.25) is 4.99 Å². The molecule has 0 unspecified atom stereocenters. The van der Waals surface area contributed by atoms with Crippen LogP contribution in [0, 0.1) is 0 Å². The normalized spacial score (nSPS) is 15.0. The third kappa shape index (κ3) is 3.58. The summed E-state index contributed by atoms with van der Waals surface area (Å²) in [5.41, 5.74) is 1.68. The Morgan fingerprint density at radius 3 is 2.65 bits per heavy atom. The predicted octanol–water partition coefficient (Wildman–Crippen LogP) is 2.27. The fourth-order valence-electron chi connectivity index (χ4n) is 2.31. The van der Waals surface area contributed by atoms with E-state index in [9.17, 15) is 9.90 Å². The van der Waals surface area contributed by atoms with Crippen molar-refractivity contribution < 1.29 is 14.6 Å². The average molecular weight is 307 g/mol. The summed E-state index contributed by atoms with van der Waals surface area (Å²) in [6.45, 7) is 0.282. The van der Waals surface area contributed by atoms with Gasteiger partial charge < -0.3 is 19.5 Å². The third-order valence-corrected chi connectivity index (χ3v) is 3.37. The van der Waals surface area contributed by atoms with E-state index in [2.05, 4.69) is 4.99 Å². The van der Waals surface area contributed by atoms with Crippen LogP contribution in [0.5, 0.6) is 5.75 Å². The average Bonchev–Trinajstić information content (AvgIpc) is 2.91. The minimum Gasteiger partial charge on any atom is -0.550 e. The van der Waals surface area contributed by atoms with Gasteiger partial charge in [0.2, 0.25) is 5.88 Å². The molecule has 0 fully saturated rings. The Kier molecular flexibility index (Phi) is 4.38. The second-order valence-corrected chi connectivity index (χ2v) is 4.96. The van der Waals surface area contributed by atoms with E-state index in [0.29, 0.717) is 11.6 Å². The molecule has 0 atom stereocenters. The number of hydrogen-bond donors (Lipinski definition) is 0. The minimum atomic E-state index is -1.09. The Balaban J connectivity index is 1.81. The van der Waals surface area contributed by atoms with Crippen molar-refractivity contribution in [2.45, 2.75) is 6.42 Å². The molecule has 1 aliphatic rings. The lowest BCUT2D eigenvalue weighted by molar-refractivity contribution is -0.305. The van der Waals surface area contributed by atoms with Gasteiger partial charge >= 0.3 is 0 Å². The van der Waals surface area contributed by atoms with Crippen LogP contribution in [0.2, 0.25) is 0 Å². The first-order valence-corrected chi connectivity index (χ1v) is 7.28. The minimum absolute atomic E-state index is 0.0785. The Hall–Kier alpha value is -3.08. The third-order valence-electron chi connectivity index (χ3n) is 3.37. The number of allylic oxidation sites excluding steroid dienone is 1. The number of carboxylic acids is 1. The number of rotatable bonds is 5. The van der Waals surface area contributed by atoms with Crippen LogP contribution in [-0.2, 0) is 4.79 Å². The number of carbonyl (C=O) groups excluding carboxylic acids is 1. The van der Waals surface area contributed by atoms with E-state index in [-0.39, 0.29) is 13.0 Å². The van der Waals surface area contributed by atoms with Crippen molar-refractivity contribution in [2.75, 3.05) is 11.4 Å². The molecule has 23 heavy (non-hydrogen) atoms. The summed E-state index contributed by atoms with van der Waals surface area (Å²) in [6.07, 6.45) is 3.29. The van der Waals surface area contributed by atoms with Crippen molar-refractivity contribution in [3.8, 4) is 5.75 Å². The highest BCUT2D eigenvalue weighted by Gasteiger charge is 2.24. The summed E-state index contributed by atoms with van der Waals surface area (Å²) in [6, 6.07) is 17.0. The summed E-state index contributed by atoms with van der Waals surface area (Å²) in [7, 11) is 0. The first-order valence-electron chi connectivity index (χ1n) is 7.28. The number of carboxylic acid groups (broad SMARTS) is 1. The second-order valence-electron chi connectivity index (χ2n) is 4.96. The summed E-state index contributed by atoms with van der Waals surface area (Å²) in [5, 5.41) is 10.7. The number of aliphatic carboxylic acids is 1. The molecule has 1 aliphatic heterocycles. The van der Waals surface area contributed by atoms with Gasteiger partial charge in [0.15, 0.2) is 5.75 Å². The van der Waals surface area contributed by atoms with E-state index < -0.39 is 5.97 Å². The number of para-hydroxylation sites is 3. The van der Waals surface area contributed by atoms with Gasteiger partial charge in [-0.2, -0.15) is 0 Å². The van der Waals surface area contributed by atoms with Crippen LogP contribution in [0.4, 0.5) is 11.4 Å². The van der Waals surface area contributed by atoms with Gasteiger partial charge in [-0.05, 0) is 24.3 Å². The summed E-state index contributed by atoms with van der Waals surface area (Å²) in [5.74, 6) is 0.157. The van der Waals surface area contributed by atoms with E-state index in [4.69, 9.17) is 4.74 Å². The first-order chi connectivity index (χ1) is 11.2. The molecule has 3 rings (SSSR count). The lowest BCUT2D eigenvalue weighted by Gasteiger charge is -2.18. The van der Waals surface area contributed by atoms with Crippen molar-refractivity contribution in [1.29, 1.82) is 0 Å².